The first kappa shape index (κ1) is 21.7. The Labute approximate surface area is 171 Å². The molecule has 0 atom stereocenters. The first-order valence-corrected chi connectivity index (χ1v) is 9.39. The fourth-order valence-corrected chi connectivity index (χ4v) is 3.28. The van der Waals surface area contributed by atoms with Crippen LogP contribution < -0.4 is 4.90 Å². The molecule has 0 radical (unpaired) electrons. The molecule has 30 heavy (non-hydrogen) atoms. The van der Waals surface area contributed by atoms with E-state index in [1.54, 1.807) is 26.8 Å². The Morgan fingerprint density at radius 2 is 1.83 bits per heavy atom. The van der Waals surface area contributed by atoms with E-state index in [1.807, 2.05) is 0 Å². The topological polar surface area (TPSA) is 73.7 Å². The predicted octanol–water partition coefficient (Wildman–Crippen LogP) is 4.37. The monoisotopic (exact) mass is 425 g/mol. The molecule has 3 rings (SSSR count). The van der Waals surface area contributed by atoms with Crippen LogP contribution >= 0.6 is 0 Å². The van der Waals surface area contributed by atoms with Crippen LogP contribution in [-0.2, 0) is 22.1 Å². The van der Waals surface area contributed by atoms with E-state index >= 15 is 0 Å². The number of esters is 1. The third-order valence-electron chi connectivity index (χ3n) is 4.38. The molecule has 0 bridgehead atoms. The number of nitrogens with zero attached hydrogens (tertiary/aromatic N) is 3. The van der Waals surface area contributed by atoms with Crippen molar-refractivity contribution in [1.29, 1.82) is 0 Å². The minimum Gasteiger partial charge on any atom is -0.462 e. The lowest BCUT2D eigenvalue weighted by molar-refractivity contribution is -0.143. The highest BCUT2D eigenvalue weighted by Crippen LogP contribution is 2.38. The molecule has 1 aromatic carbocycles. The molecular weight excluding hydrogens is 403 g/mol. The van der Waals surface area contributed by atoms with Crippen molar-refractivity contribution < 1.29 is 32.2 Å². The summed E-state index contributed by atoms with van der Waals surface area (Å²) in [4.78, 5) is 25.9. The van der Waals surface area contributed by atoms with Crippen molar-refractivity contribution in [3.05, 3.63) is 41.2 Å². The van der Waals surface area contributed by atoms with Gasteiger partial charge in [-0.3, -0.25) is 4.90 Å². The number of hydrogen-bond acceptors (Lipinski definition) is 5. The molecule has 0 N–H and O–H groups in total. The molecule has 10 heteroatoms. The van der Waals surface area contributed by atoms with E-state index in [-0.39, 0.29) is 18.8 Å². The standard InChI is InChI=1S/C20H22F3N3O4/c1-5-29-17(27)13-11-24-26(16(13)20(21,22)23)15-8-6-7-14-12(15)9-10-25(14)18(28)30-19(2,3)4/h6-8,11H,5,9-10H2,1-4H3. The minimum atomic E-state index is -4.84. The minimum absolute atomic E-state index is 0.0626. The second-order valence-corrected chi connectivity index (χ2v) is 7.69. The van der Waals surface area contributed by atoms with Crippen LogP contribution in [0.2, 0.25) is 0 Å². The summed E-state index contributed by atoms with van der Waals surface area (Å²) >= 11 is 0. The highest BCUT2D eigenvalue weighted by molar-refractivity contribution is 5.92. The molecule has 2 aromatic rings. The third kappa shape index (κ3) is 4.12. The molecule has 0 fully saturated rings. The average molecular weight is 425 g/mol. The maximum absolute atomic E-state index is 13.8. The predicted molar refractivity (Wildman–Crippen MR) is 102 cm³/mol. The number of aromatic nitrogens is 2. The number of anilines is 1. The third-order valence-corrected chi connectivity index (χ3v) is 4.38. The molecular formula is C20H22F3N3O4. The van der Waals surface area contributed by atoms with Crippen molar-refractivity contribution in [2.24, 2.45) is 0 Å². The molecule has 1 aromatic heterocycles. The lowest BCUT2D eigenvalue weighted by Crippen LogP contribution is -2.35. The maximum atomic E-state index is 13.8. The van der Waals surface area contributed by atoms with Gasteiger partial charge in [0, 0.05) is 12.1 Å². The average Bonchev–Trinajstić information content (AvgIpc) is 3.24. The van der Waals surface area contributed by atoms with Crippen LogP contribution in [0.4, 0.5) is 23.7 Å². The smallest absolute Gasteiger partial charge is 0.434 e. The van der Waals surface area contributed by atoms with E-state index < -0.39 is 35.1 Å². The van der Waals surface area contributed by atoms with Gasteiger partial charge in [0.05, 0.1) is 24.2 Å². The second-order valence-electron chi connectivity index (χ2n) is 7.69. The van der Waals surface area contributed by atoms with Crippen LogP contribution in [0.3, 0.4) is 0 Å². The second kappa shape index (κ2) is 7.66. The fourth-order valence-electron chi connectivity index (χ4n) is 3.28. The number of carbonyl (C=O) groups excluding carboxylic acids is 2. The van der Waals surface area contributed by atoms with E-state index in [4.69, 9.17) is 9.47 Å². The number of carbonyl (C=O) groups is 2. The van der Waals surface area contributed by atoms with Crippen molar-refractivity contribution in [2.75, 3.05) is 18.1 Å². The number of hydrogen-bond donors (Lipinski definition) is 0. The number of halogens is 3. The van der Waals surface area contributed by atoms with E-state index in [0.29, 0.717) is 22.4 Å². The summed E-state index contributed by atoms with van der Waals surface area (Å²) in [6.45, 7) is 6.89. The summed E-state index contributed by atoms with van der Waals surface area (Å²) in [6.07, 6.45) is -4.26. The van der Waals surface area contributed by atoms with E-state index in [2.05, 4.69) is 5.10 Å². The molecule has 0 saturated carbocycles. The molecule has 0 aliphatic carbocycles. The maximum Gasteiger partial charge on any atom is 0.434 e. The summed E-state index contributed by atoms with van der Waals surface area (Å²) in [5.41, 5.74) is -1.50. The molecule has 0 spiro atoms. The Hall–Kier alpha value is -3.04. The first-order valence-electron chi connectivity index (χ1n) is 9.39. The molecule has 1 amide bonds. The number of ether oxygens (including phenoxy) is 2. The van der Waals surface area contributed by atoms with Crippen LogP contribution in [-0.4, -0.2) is 40.6 Å². The lowest BCUT2D eigenvalue weighted by atomic mass is 10.1. The SMILES string of the molecule is CCOC(=O)c1cnn(-c2cccc3c2CCN3C(=O)OC(C)(C)C)c1C(F)(F)F. The molecule has 7 nitrogen and oxygen atoms in total. The van der Waals surface area contributed by atoms with Crippen LogP contribution in [0.15, 0.2) is 24.4 Å². The van der Waals surface area contributed by atoms with Gasteiger partial charge in [-0.1, -0.05) is 6.07 Å². The molecule has 1 aliphatic heterocycles. The van der Waals surface area contributed by atoms with E-state index in [1.165, 1.54) is 24.0 Å². The van der Waals surface area contributed by atoms with Gasteiger partial charge in [-0.25, -0.2) is 14.3 Å². The normalized spacial score (nSPS) is 13.9. The van der Waals surface area contributed by atoms with Gasteiger partial charge in [0.25, 0.3) is 0 Å². The zero-order valence-corrected chi connectivity index (χ0v) is 17.0. The van der Waals surface area contributed by atoms with E-state index in [0.717, 1.165) is 6.20 Å². The summed E-state index contributed by atoms with van der Waals surface area (Å²) in [5, 5.41) is 3.82. The number of alkyl halides is 3. The van der Waals surface area contributed by atoms with Gasteiger partial charge >= 0.3 is 18.2 Å². The van der Waals surface area contributed by atoms with Crippen molar-refractivity contribution >= 4 is 17.7 Å². The number of amides is 1. The quantitative estimate of drug-likeness (QED) is 0.683. The van der Waals surface area contributed by atoms with Crippen molar-refractivity contribution in [3.63, 3.8) is 0 Å². The summed E-state index contributed by atoms with van der Waals surface area (Å²) < 4.78 is 52.3. The highest BCUT2D eigenvalue weighted by atomic mass is 19.4. The van der Waals surface area contributed by atoms with Crippen LogP contribution in [0.5, 0.6) is 0 Å². The van der Waals surface area contributed by atoms with Crippen molar-refractivity contribution in [2.45, 2.75) is 45.9 Å². The first-order chi connectivity index (χ1) is 13.9. The molecule has 2 heterocycles. The van der Waals surface area contributed by atoms with Gasteiger partial charge in [0.2, 0.25) is 0 Å². The molecule has 0 unspecified atom stereocenters. The number of rotatable bonds is 3. The van der Waals surface area contributed by atoms with Gasteiger partial charge in [0.1, 0.15) is 11.2 Å². The Morgan fingerprint density at radius 3 is 2.43 bits per heavy atom. The Balaban J connectivity index is 2.08. The Morgan fingerprint density at radius 1 is 1.17 bits per heavy atom. The van der Waals surface area contributed by atoms with Gasteiger partial charge < -0.3 is 9.47 Å². The Bertz CT molecular complexity index is 977. The Kier molecular flexibility index (Phi) is 5.53. The lowest BCUT2D eigenvalue weighted by Gasteiger charge is -2.25. The van der Waals surface area contributed by atoms with Crippen LogP contribution in [0, 0.1) is 0 Å². The van der Waals surface area contributed by atoms with Crippen molar-refractivity contribution in [3.8, 4) is 5.69 Å². The zero-order chi connectivity index (χ0) is 22.3. The summed E-state index contributed by atoms with van der Waals surface area (Å²) in [7, 11) is 0. The highest BCUT2D eigenvalue weighted by Gasteiger charge is 2.42. The number of benzene rings is 1. The van der Waals surface area contributed by atoms with E-state index in [9.17, 15) is 22.8 Å². The number of fused-ring (bicyclic) bond motifs is 1. The zero-order valence-electron chi connectivity index (χ0n) is 17.0. The van der Waals surface area contributed by atoms with Crippen LogP contribution in [0.1, 0.15) is 49.3 Å². The van der Waals surface area contributed by atoms with Crippen molar-refractivity contribution in [1.82, 2.24) is 9.78 Å². The largest absolute Gasteiger partial charge is 0.462 e. The molecule has 0 saturated heterocycles. The fraction of sp³-hybridized carbons (Fsp3) is 0.450. The van der Waals surface area contributed by atoms with Gasteiger partial charge in [-0.2, -0.15) is 18.3 Å². The summed E-state index contributed by atoms with van der Waals surface area (Å²) in [5.74, 6) is -1.10. The van der Waals surface area contributed by atoms with Gasteiger partial charge in [-0.05, 0) is 46.2 Å². The molecule has 162 valence electrons. The van der Waals surface area contributed by atoms with Gasteiger partial charge in [0.15, 0.2) is 5.69 Å². The van der Waals surface area contributed by atoms with Crippen LogP contribution in [0.25, 0.3) is 5.69 Å². The molecule has 1 aliphatic rings. The van der Waals surface area contributed by atoms with Gasteiger partial charge in [-0.15, -0.1) is 0 Å². The summed E-state index contributed by atoms with van der Waals surface area (Å²) in [6, 6.07) is 4.64.